The van der Waals surface area contributed by atoms with E-state index < -0.39 is 0 Å². The average molecular weight is 248 g/mol. The van der Waals surface area contributed by atoms with Crippen LogP contribution in [0.2, 0.25) is 0 Å². The third-order valence-corrected chi connectivity index (χ3v) is 3.31. The van der Waals surface area contributed by atoms with Gasteiger partial charge in [-0.15, -0.1) is 0 Å². The van der Waals surface area contributed by atoms with E-state index in [0.717, 1.165) is 30.8 Å². The molecule has 1 saturated heterocycles. The van der Waals surface area contributed by atoms with Gasteiger partial charge in [0.2, 0.25) is 0 Å². The first-order valence-corrected chi connectivity index (χ1v) is 6.47. The molecule has 1 aliphatic rings. The number of rotatable bonds is 5. The molecular formula is C15H20O3. The van der Waals surface area contributed by atoms with E-state index >= 15 is 0 Å². The Bertz CT molecular complexity index is 391. The Balaban J connectivity index is 1.85. The van der Waals surface area contributed by atoms with Crippen molar-refractivity contribution in [3.63, 3.8) is 0 Å². The third kappa shape index (κ3) is 3.40. The predicted octanol–water partition coefficient (Wildman–Crippen LogP) is 2.62. The second kappa shape index (κ2) is 6.12. The Morgan fingerprint density at radius 1 is 1.44 bits per heavy atom. The summed E-state index contributed by atoms with van der Waals surface area (Å²) in [6.45, 7) is 6.00. The van der Waals surface area contributed by atoms with Gasteiger partial charge in [0.15, 0.2) is 5.78 Å². The maximum Gasteiger partial charge on any atom is 0.191 e. The number of hydrogen-bond donors (Lipinski definition) is 0. The van der Waals surface area contributed by atoms with Crippen LogP contribution in [0.15, 0.2) is 24.3 Å². The minimum absolute atomic E-state index is 0.0499. The van der Waals surface area contributed by atoms with Gasteiger partial charge in [0.25, 0.3) is 0 Å². The van der Waals surface area contributed by atoms with Crippen LogP contribution in [0.3, 0.4) is 0 Å². The molecule has 1 aliphatic heterocycles. The topological polar surface area (TPSA) is 35.5 Å². The van der Waals surface area contributed by atoms with Crippen LogP contribution in [0, 0.1) is 12.8 Å². The highest BCUT2D eigenvalue weighted by atomic mass is 16.5. The highest BCUT2D eigenvalue weighted by molar-refractivity contribution is 5.99. The zero-order chi connectivity index (χ0) is 13.0. The van der Waals surface area contributed by atoms with Gasteiger partial charge in [-0.05, 0) is 20.3 Å². The van der Waals surface area contributed by atoms with Gasteiger partial charge in [-0.25, -0.2) is 0 Å². The SMILES string of the molecule is Cc1ccc(C(=O)C(C)OCC2CCOC2)cc1. The molecular weight excluding hydrogens is 228 g/mol. The number of benzene rings is 1. The first kappa shape index (κ1) is 13.2. The predicted molar refractivity (Wildman–Crippen MR) is 69.8 cm³/mol. The van der Waals surface area contributed by atoms with E-state index in [1.165, 1.54) is 0 Å². The van der Waals surface area contributed by atoms with Crippen molar-refractivity contribution in [2.75, 3.05) is 19.8 Å². The summed E-state index contributed by atoms with van der Waals surface area (Å²) in [6.07, 6.45) is 0.652. The lowest BCUT2D eigenvalue weighted by Crippen LogP contribution is -2.24. The van der Waals surface area contributed by atoms with E-state index in [4.69, 9.17) is 9.47 Å². The van der Waals surface area contributed by atoms with Gasteiger partial charge in [0.1, 0.15) is 6.10 Å². The number of hydrogen-bond acceptors (Lipinski definition) is 3. The normalized spacial score (nSPS) is 20.9. The molecule has 0 spiro atoms. The zero-order valence-electron chi connectivity index (χ0n) is 11.0. The molecule has 3 nitrogen and oxygen atoms in total. The second-order valence-corrected chi connectivity index (χ2v) is 4.94. The van der Waals surface area contributed by atoms with Crippen LogP contribution >= 0.6 is 0 Å². The van der Waals surface area contributed by atoms with Gasteiger partial charge in [0.05, 0.1) is 13.2 Å². The number of aryl methyl sites for hydroxylation is 1. The lowest BCUT2D eigenvalue weighted by molar-refractivity contribution is 0.0322. The maximum atomic E-state index is 12.1. The van der Waals surface area contributed by atoms with E-state index in [1.54, 1.807) is 0 Å². The zero-order valence-corrected chi connectivity index (χ0v) is 11.0. The molecule has 0 aromatic heterocycles. The van der Waals surface area contributed by atoms with Gasteiger partial charge in [-0.1, -0.05) is 29.8 Å². The summed E-state index contributed by atoms with van der Waals surface area (Å²) < 4.78 is 10.9. The number of ether oxygens (including phenoxy) is 2. The first-order valence-electron chi connectivity index (χ1n) is 6.47. The molecule has 0 bridgehead atoms. The smallest absolute Gasteiger partial charge is 0.191 e. The molecule has 2 unspecified atom stereocenters. The average Bonchev–Trinajstić information content (AvgIpc) is 2.89. The molecule has 0 N–H and O–H groups in total. The van der Waals surface area contributed by atoms with Crippen LogP contribution in [0.25, 0.3) is 0 Å². The molecule has 2 rings (SSSR count). The molecule has 1 heterocycles. The summed E-state index contributed by atoms with van der Waals surface area (Å²) in [5.41, 5.74) is 1.87. The van der Waals surface area contributed by atoms with Crippen molar-refractivity contribution < 1.29 is 14.3 Å². The number of carbonyl (C=O) groups excluding carboxylic acids is 1. The fourth-order valence-electron chi connectivity index (χ4n) is 2.02. The maximum absolute atomic E-state index is 12.1. The Kier molecular flexibility index (Phi) is 4.50. The largest absolute Gasteiger partial charge is 0.381 e. The quantitative estimate of drug-likeness (QED) is 0.751. The van der Waals surface area contributed by atoms with E-state index in [2.05, 4.69) is 0 Å². The van der Waals surface area contributed by atoms with Crippen LogP contribution in [-0.2, 0) is 9.47 Å². The Hall–Kier alpha value is -1.19. The monoisotopic (exact) mass is 248 g/mol. The molecule has 3 heteroatoms. The molecule has 0 radical (unpaired) electrons. The van der Waals surface area contributed by atoms with Crippen molar-refractivity contribution in [3.05, 3.63) is 35.4 Å². The highest BCUT2D eigenvalue weighted by Crippen LogP contribution is 2.15. The Morgan fingerprint density at radius 3 is 2.78 bits per heavy atom. The van der Waals surface area contributed by atoms with Crippen LogP contribution in [0.1, 0.15) is 29.3 Å². The first-order chi connectivity index (χ1) is 8.66. The van der Waals surface area contributed by atoms with Crippen LogP contribution in [0.5, 0.6) is 0 Å². The van der Waals surface area contributed by atoms with Gasteiger partial charge in [-0.3, -0.25) is 4.79 Å². The van der Waals surface area contributed by atoms with Crippen LogP contribution in [-0.4, -0.2) is 31.7 Å². The minimum atomic E-state index is -0.381. The van der Waals surface area contributed by atoms with Crippen molar-refractivity contribution in [1.29, 1.82) is 0 Å². The Labute approximate surface area is 108 Å². The molecule has 98 valence electrons. The van der Waals surface area contributed by atoms with Crippen molar-refractivity contribution >= 4 is 5.78 Å². The van der Waals surface area contributed by atoms with Crippen molar-refractivity contribution in [3.8, 4) is 0 Å². The minimum Gasteiger partial charge on any atom is -0.381 e. The summed E-state index contributed by atoms with van der Waals surface area (Å²) in [5.74, 6) is 0.493. The standard InChI is InChI=1S/C15H20O3/c1-11-3-5-14(6-4-11)15(16)12(2)18-10-13-7-8-17-9-13/h3-6,12-13H,7-10H2,1-2H3. The molecule has 1 fully saturated rings. The second-order valence-electron chi connectivity index (χ2n) is 4.94. The summed E-state index contributed by atoms with van der Waals surface area (Å²) in [6, 6.07) is 7.61. The van der Waals surface area contributed by atoms with Gasteiger partial charge >= 0.3 is 0 Å². The highest BCUT2D eigenvalue weighted by Gasteiger charge is 2.20. The molecule has 2 atom stereocenters. The molecule has 1 aromatic rings. The van der Waals surface area contributed by atoms with Crippen LogP contribution in [0.4, 0.5) is 0 Å². The summed E-state index contributed by atoms with van der Waals surface area (Å²) in [4.78, 5) is 12.1. The van der Waals surface area contributed by atoms with Crippen molar-refractivity contribution in [1.82, 2.24) is 0 Å². The van der Waals surface area contributed by atoms with E-state index in [1.807, 2.05) is 38.1 Å². The molecule has 0 aliphatic carbocycles. The van der Waals surface area contributed by atoms with Crippen molar-refractivity contribution in [2.45, 2.75) is 26.4 Å². The number of Topliss-reactive ketones (excluding diaryl/α,β-unsaturated/α-hetero) is 1. The van der Waals surface area contributed by atoms with E-state index in [-0.39, 0.29) is 11.9 Å². The molecule has 18 heavy (non-hydrogen) atoms. The van der Waals surface area contributed by atoms with Crippen LogP contribution < -0.4 is 0 Å². The summed E-state index contributed by atoms with van der Waals surface area (Å²) in [5, 5.41) is 0. The molecule has 1 aromatic carbocycles. The fourth-order valence-corrected chi connectivity index (χ4v) is 2.02. The Morgan fingerprint density at radius 2 is 2.17 bits per heavy atom. The molecule has 0 saturated carbocycles. The number of ketones is 1. The third-order valence-electron chi connectivity index (χ3n) is 3.31. The molecule has 0 amide bonds. The summed E-state index contributed by atoms with van der Waals surface area (Å²) >= 11 is 0. The fraction of sp³-hybridized carbons (Fsp3) is 0.533. The lowest BCUT2D eigenvalue weighted by atomic mass is 10.1. The lowest BCUT2D eigenvalue weighted by Gasteiger charge is -2.14. The summed E-state index contributed by atoms with van der Waals surface area (Å²) in [7, 11) is 0. The number of carbonyl (C=O) groups is 1. The van der Waals surface area contributed by atoms with E-state index in [9.17, 15) is 4.79 Å². The van der Waals surface area contributed by atoms with E-state index in [0.29, 0.717) is 12.5 Å². The van der Waals surface area contributed by atoms with Gasteiger partial charge in [-0.2, -0.15) is 0 Å². The van der Waals surface area contributed by atoms with Gasteiger partial charge < -0.3 is 9.47 Å². The van der Waals surface area contributed by atoms with Crippen molar-refractivity contribution in [2.24, 2.45) is 5.92 Å². The van der Waals surface area contributed by atoms with Gasteiger partial charge in [0, 0.05) is 18.1 Å².